The lowest BCUT2D eigenvalue weighted by atomic mass is 10.2. The summed E-state index contributed by atoms with van der Waals surface area (Å²) >= 11 is 0. The summed E-state index contributed by atoms with van der Waals surface area (Å²) in [7, 11) is -0.639. The minimum atomic E-state index is -3.59. The van der Waals surface area contributed by atoms with Gasteiger partial charge in [0.25, 0.3) is 0 Å². The van der Waals surface area contributed by atoms with Crippen molar-refractivity contribution in [3.05, 3.63) is 72.8 Å². The molecule has 3 N–H and O–H groups in total. The molecule has 0 fully saturated rings. The van der Waals surface area contributed by atoms with E-state index in [0.717, 1.165) is 10.1 Å². The summed E-state index contributed by atoms with van der Waals surface area (Å²) in [5.41, 5.74) is 1.87. The molecular formula is C24H28N4O4S. The van der Waals surface area contributed by atoms with Crippen LogP contribution in [0.25, 0.3) is 0 Å². The number of nitrogens with zero attached hydrogens (tertiary/aromatic N) is 1. The number of carbonyl (C=O) groups is 1. The zero-order valence-corrected chi connectivity index (χ0v) is 19.6. The molecule has 3 aromatic carbocycles. The Morgan fingerprint density at radius 3 is 2.18 bits per heavy atom. The van der Waals surface area contributed by atoms with Gasteiger partial charge in [-0.15, -0.1) is 0 Å². The fraction of sp³-hybridized carbons (Fsp3) is 0.208. The summed E-state index contributed by atoms with van der Waals surface area (Å²) in [6.45, 7) is 2.55. The van der Waals surface area contributed by atoms with E-state index in [1.54, 1.807) is 30.3 Å². The van der Waals surface area contributed by atoms with Crippen LogP contribution >= 0.6 is 0 Å². The monoisotopic (exact) mass is 468 g/mol. The standard InChI is InChI=1S/C24H28N4O4S/c1-4-25-22-15-14-21(33(30,31)28(2)3)16-23(22)26-17-24(29)27-18-10-12-20(13-11-18)32-19-8-6-5-7-9-19/h5-16,25-26H,4,17H2,1-3H3,(H,27,29). The molecule has 33 heavy (non-hydrogen) atoms. The van der Waals surface area contributed by atoms with Gasteiger partial charge in [0.15, 0.2) is 0 Å². The zero-order chi connectivity index (χ0) is 23.8. The first-order valence-corrected chi connectivity index (χ1v) is 11.9. The van der Waals surface area contributed by atoms with E-state index in [0.29, 0.717) is 29.4 Å². The number of nitrogens with one attached hydrogen (secondary N) is 3. The molecular weight excluding hydrogens is 440 g/mol. The third kappa shape index (κ3) is 6.47. The van der Waals surface area contributed by atoms with Crippen LogP contribution in [0, 0.1) is 0 Å². The molecule has 3 aromatic rings. The van der Waals surface area contributed by atoms with Gasteiger partial charge in [-0.1, -0.05) is 18.2 Å². The molecule has 0 unspecified atom stereocenters. The van der Waals surface area contributed by atoms with Crippen molar-refractivity contribution in [2.75, 3.05) is 43.1 Å². The first-order valence-electron chi connectivity index (χ1n) is 10.5. The van der Waals surface area contributed by atoms with Crippen molar-refractivity contribution >= 4 is 33.0 Å². The topological polar surface area (TPSA) is 99.8 Å². The van der Waals surface area contributed by atoms with E-state index in [1.807, 2.05) is 37.3 Å². The van der Waals surface area contributed by atoms with Crippen LogP contribution < -0.4 is 20.7 Å². The van der Waals surface area contributed by atoms with Crippen LogP contribution in [0.5, 0.6) is 11.5 Å². The second kappa shape index (κ2) is 10.8. The number of benzene rings is 3. The van der Waals surface area contributed by atoms with Crippen LogP contribution in [0.3, 0.4) is 0 Å². The maximum Gasteiger partial charge on any atom is 0.243 e. The lowest BCUT2D eigenvalue weighted by Gasteiger charge is -2.17. The number of hydrogen-bond acceptors (Lipinski definition) is 6. The fourth-order valence-electron chi connectivity index (χ4n) is 3.00. The van der Waals surface area contributed by atoms with E-state index in [9.17, 15) is 13.2 Å². The molecule has 0 aromatic heterocycles. The van der Waals surface area contributed by atoms with Crippen LogP contribution in [-0.2, 0) is 14.8 Å². The van der Waals surface area contributed by atoms with E-state index in [4.69, 9.17) is 4.74 Å². The van der Waals surface area contributed by atoms with Crippen LogP contribution in [0.2, 0.25) is 0 Å². The van der Waals surface area contributed by atoms with Crippen LogP contribution in [-0.4, -0.2) is 45.8 Å². The number of anilines is 3. The van der Waals surface area contributed by atoms with Gasteiger partial charge in [0, 0.05) is 26.3 Å². The molecule has 0 saturated heterocycles. The molecule has 0 atom stereocenters. The molecule has 0 aliphatic carbocycles. The van der Waals surface area contributed by atoms with Gasteiger partial charge in [0.2, 0.25) is 15.9 Å². The lowest BCUT2D eigenvalue weighted by molar-refractivity contribution is -0.114. The Balaban J connectivity index is 1.64. The third-order valence-corrected chi connectivity index (χ3v) is 6.50. The van der Waals surface area contributed by atoms with E-state index in [1.165, 1.54) is 26.2 Å². The van der Waals surface area contributed by atoms with Crippen LogP contribution in [0.4, 0.5) is 17.1 Å². The summed E-state index contributed by atoms with van der Waals surface area (Å²) in [5, 5.41) is 9.01. The SMILES string of the molecule is CCNc1ccc(S(=O)(=O)N(C)C)cc1NCC(=O)Nc1ccc(Oc2ccccc2)cc1. The number of rotatable bonds is 10. The summed E-state index contributed by atoms with van der Waals surface area (Å²) in [4.78, 5) is 12.6. The Labute approximate surface area is 194 Å². The zero-order valence-electron chi connectivity index (χ0n) is 18.8. The van der Waals surface area contributed by atoms with Crippen LogP contribution in [0.15, 0.2) is 77.7 Å². The summed E-state index contributed by atoms with van der Waals surface area (Å²) in [6, 6.07) is 21.2. The first-order chi connectivity index (χ1) is 15.8. The van der Waals surface area contributed by atoms with Gasteiger partial charge in [-0.05, 0) is 61.5 Å². The Hall–Kier alpha value is -3.56. The maximum atomic E-state index is 12.5. The molecule has 0 bridgehead atoms. The fourth-order valence-corrected chi connectivity index (χ4v) is 3.93. The summed E-state index contributed by atoms with van der Waals surface area (Å²) < 4.78 is 31.8. The van der Waals surface area contributed by atoms with Crippen molar-refractivity contribution < 1.29 is 17.9 Å². The average Bonchev–Trinajstić information content (AvgIpc) is 2.80. The van der Waals surface area contributed by atoms with Gasteiger partial charge < -0.3 is 20.7 Å². The van der Waals surface area contributed by atoms with Gasteiger partial charge in [-0.3, -0.25) is 4.79 Å². The lowest BCUT2D eigenvalue weighted by Crippen LogP contribution is -2.24. The Bertz CT molecular complexity index is 1180. The van der Waals surface area contributed by atoms with Crippen molar-refractivity contribution in [2.45, 2.75) is 11.8 Å². The largest absolute Gasteiger partial charge is 0.457 e. The average molecular weight is 469 g/mol. The first kappa shape index (κ1) is 24.1. The highest BCUT2D eigenvalue weighted by atomic mass is 32.2. The van der Waals surface area contributed by atoms with Crippen molar-refractivity contribution in [3.8, 4) is 11.5 Å². The number of ether oxygens (including phenoxy) is 1. The van der Waals surface area contributed by atoms with E-state index in [-0.39, 0.29) is 17.3 Å². The van der Waals surface area contributed by atoms with Gasteiger partial charge in [0.1, 0.15) is 11.5 Å². The molecule has 0 spiro atoms. The minimum Gasteiger partial charge on any atom is -0.457 e. The van der Waals surface area contributed by atoms with Crippen molar-refractivity contribution in [1.82, 2.24) is 4.31 Å². The molecule has 0 saturated carbocycles. The molecule has 0 radical (unpaired) electrons. The second-order valence-corrected chi connectivity index (χ2v) is 9.52. The smallest absolute Gasteiger partial charge is 0.243 e. The third-order valence-electron chi connectivity index (χ3n) is 4.69. The second-order valence-electron chi connectivity index (χ2n) is 7.37. The Morgan fingerprint density at radius 1 is 0.879 bits per heavy atom. The summed E-state index contributed by atoms with van der Waals surface area (Å²) in [6.07, 6.45) is 0. The van der Waals surface area contributed by atoms with Gasteiger partial charge >= 0.3 is 0 Å². The molecule has 0 aliphatic rings. The van der Waals surface area contributed by atoms with E-state index < -0.39 is 10.0 Å². The summed E-state index contributed by atoms with van der Waals surface area (Å²) in [5.74, 6) is 1.12. The normalized spacial score (nSPS) is 11.2. The Kier molecular flexibility index (Phi) is 7.92. The number of carbonyl (C=O) groups excluding carboxylic acids is 1. The predicted octanol–water partition coefficient (Wildman–Crippen LogP) is 4.21. The van der Waals surface area contributed by atoms with E-state index >= 15 is 0 Å². The van der Waals surface area contributed by atoms with E-state index in [2.05, 4.69) is 16.0 Å². The molecule has 174 valence electrons. The highest BCUT2D eigenvalue weighted by Gasteiger charge is 2.19. The molecule has 1 amide bonds. The molecule has 9 heteroatoms. The van der Waals surface area contributed by atoms with Gasteiger partial charge in [-0.2, -0.15) is 0 Å². The molecule has 8 nitrogen and oxygen atoms in total. The van der Waals surface area contributed by atoms with Crippen molar-refractivity contribution in [3.63, 3.8) is 0 Å². The minimum absolute atomic E-state index is 0.0356. The maximum absolute atomic E-state index is 12.5. The molecule has 3 rings (SSSR count). The predicted molar refractivity (Wildman–Crippen MR) is 132 cm³/mol. The number of sulfonamides is 1. The van der Waals surface area contributed by atoms with Gasteiger partial charge in [-0.25, -0.2) is 12.7 Å². The number of para-hydroxylation sites is 1. The van der Waals surface area contributed by atoms with Gasteiger partial charge in [0.05, 0.1) is 22.8 Å². The molecule has 0 heterocycles. The van der Waals surface area contributed by atoms with Crippen molar-refractivity contribution in [1.29, 1.82) is 0 Å². The quantitative estimate of drug-likeness (QED) is 0.412. The number of amides is 1. The number of hydrogen-bond donors (Lipinski definition) is 3. The molecule has 0 aliphatic heterocycles. The Morgan fingerprint density at radius 2 is 1.55 bits per heavy atom. The highest BCUT2D eigenvalue weighted by Crippen LogP contribution is 2.27. The van der Waals surface area contributed by atoms with Crippen molar-refractivity contribution in [2.24, 2.45) is 0 Å². The van der Waals surface area contributed by atoms with Crippen LogP contribution in [0.1, 0.15) is 6.92 Å². The highest BCUT2D eigenvalue weighted by molar-refractivity contribution is 7.89.